The van der Waals surface area contributed by atoms with Crippen LogP contribution in [0.3, 0.4) is 0 Å². The summed E-state index contributed by atoms with van der Waals surface area (Å²) in [6.45, 7) is 1.98. The molecule has 6 nitrogen and oxygen atoms in total. The monoisotopic (exact) mass is 444 g/mol. The van der Waals surface area contributed by atoms with Crippen LogP contribution in [0.15, 0.2) is 72.8 Å². The van der Waals surface area contributed by atoms with Crippen molar-refractivity contribution >= 4 is 52.0 Å². The van der Waals surface area contributed by atoms with Crippen LogP contribution in [0, 0.1) is 6.92 Å². The highest BCUT2D eigenvalue weighted by atomic mass is 16.5. The van der Waals surface area contributed by atoms with Gasteiger partial charge in [0.1, 0.15) is 5.69 Å². The summed E-state index contributed by atoms with van der Waals surface area (Å²) in [6, 6.07) is 23.0. The first kappa shape index (κ1) is 19.9. The maximum absolute atomic E-state index is 12.8. The molecule has 2 aliphatic heterocycles. The lowest BCUT2D eigenvalue weighted by atomic mass is 10.1. The smallest absolute Gasteiger partial charge is 0.343 e. The molecule has 0 spiro atoms. The SMILES string of the molecule is Cc1ccc(C(=O)OC2=Cc3cc4ccc(cc5nc(cc6ccc(cc2n3)[nH]6)C=C5)[nH]4)cc1. The molecular weight excluding hydrogens is 424 g/mol. The lowest BCUT2D eigenvalue weighted by Crippen LogP contribution is -2.03. The van der Waals surface area contributed by atoms with E-state index in [-0.39, 0.29) is 0 Å². The number of aryl methyl sites for hydroxylation is 1. The van der Waals surface area contributed by atoms with Gasteiger partial charge in [0, 0.05) is 28.1 Å². The number of esters is 1. The molecule has 0 amide bonds. The van der Waals surface area contributed by atoms with Crippen LogP contribution in [0.1, 0.15) is 38.7 Å². The topological polar surface area (TPSA) is 83.7 Å². The number of rotatable bonds is 2. The molecule has 0 fully saturated rings. The molecule has 4 aromatic rings. The normalized spacial score (nSPS) is 12.4. The first-order valence-electron chi connectivity index (χ1n) is 10.9. The molecule has 6 heteroatoms. The number of carbonyl (C=O) groups excluding carboxylic acids is 1. The predicted octanol–water partition coefficient (Wildman–Crippen LogP) is 6.15. The zero-order chi connectivity index (χ0) is 23.1. The van der Waals surface area contributed by atoms with Crippen molar-refractivity contribution in [2.24, 2.45) is 0 Å². The zero-order valence-electron chi connectivity index (χ0n) is 18.4. The minimum absolute atomic E-state index is 0.404. The molecule has 1 aromatic carbocycles. The number of ether oxygens (including phenoxy) is 1. The molecular formula is C28H20N4O2. The maximum atomic E-state index is 12.8. The zero-order valence-corrected chi connectivity index (χ0v) is 18.4. The molecule has 3 aromatic heterocycles. The molecule has 8 bridgehead atoms. The first-order valence-corrected chi connectivity index (χ1v) is 10.9. The molecule has 34 heavy (non-hydrogen) atoms. The van der Waals surface area contributed by atoms with E-state index in [2.05, 4.69) is 15.0 Å². The Morgan fingerprint density at radius 3 is 1.88 bits per heavy atom. The highest BCUT2D eigenvalue weighted by Gasteiger charge is 2.17. The molecule has 0 unspecified atom stereocenters. The Morgan fingerprint density at radius 2 is 1.26 bits per heavy atom. The Morgan fingerprint density at radius 1 is 0.706 bits per heavy atom. The number of nitrogens with zero attached hydrogens (tertiary/aromatic N) is 2. The van der Waals surface area contributed by atoms with Crippen LogP contribution in [-0.4, -0.2) is 25.9 Å². The number of hydrogen-bond acceptors (Lipinski definition) is 4. The first-order chi connectivity index (χ1) is 16.6. The van der Waals surface area contributed by atoms with Gasteiger partial charge in [-0.15, -0.1) is 0 Å². The summed E-state index contributed by atoms with van der Waals surface area (Å²) in [5, 5.41) is 0. The Balaban J connectivity index is 1.49. The van der Waals surface area contributed by atoms with Gasteiger partial charge in [-0.25, -0.2) is 14.8 Å². The van der Waals surface area contributed by atoms with Gasteiger partial charge in [-0.1, -0.05) is 17.7 Å². The molecule has 2 N–H and O–H groups in total. The lowest BCUT2D eigenvalue weighted by Gasteiger charge is -2.05. The van der Waals surface area contributed by atoms with E-state index < -0.39 is 5.97 Å². The summed E-state index contributed by atoms with van der Waals surface area (Å²) < 4.78 is 5.77. The molecule has 0 aliphatic carbocycles. The summed E-state index contributed by atoms with van der Waals surface area (Å²) in [6.07, 6.45) is 5.75. The number of fused-ring (bicyclic) bond motifs is 8. The van der Waals surface area contributed by atoms with Crippen molar-refractivity contribution < 1.29 is 9.53 Å². The van der Waals surface area contributed by atoms with Gasteiger partial charge in [0.2, 0.25) is 0 Å². The van der Waals surface area contributed by atoms with Gasteiger partial charge in [0.05, 0.1) is 22.6 Å². The number of aromatic nitrogens is 4. The van der Waals surface area contributed by atoms with Crippen molar-refractivity contribution in [1.29, 1.82) is 0 Å². The number of nitrogens with one attached hydrogen (secondary N) is 2. The third-order valence-corrected chi connectivity index (χ3v) is 5.62. The van der Waals surface area contributed by atoms with Crippen LogP contribution in [-0.2, 0) is 4.74 Å². The Bertz CT molecular complexity index is 1650. The van der Waals surface area contributed by atoms with Crippen LogP contribution in [0.4, 0.5) is 0 Å². The fourth-order valence-electron chi connectivity index (χ4n) is 3.92. The molecule has 0 radical (unpaired) electrons. The lowest BCUT2D eigenvalue weighted by molar-refractivity contribution is 0.0693. The summed E-state index contributed by atoms with van der Waals surface area (Å²) in [5.74, 6) is -0.0175. The third kappa shape index (κ3) is 4.04. The van der Waals surface area contributed by atoms with Gasteiger partial charge in [-0.2, -0.15) is 0 Å². The maximum Gasteiger partial charge on any atom is 0.343 e. The van der Waals surface area contributed by atoms with Crippen molar-refractivity contribution in [3.05, 3.63) is 107 Å². The van der Waals surface area contributed by atoms with E-state index >= 15 is 0 Å². The van der Waals surface area contributed by atoms with Crippen molar-refractivity contribution in [3.63, 3.8) is 0 Å². The second kappa shape index (κ2) is 8.01. The number of carbonyl (C=O) groups is 1. The Labute approximate surface area is 195 Å². The average molecular weight is 444 g/mol. The highest BCUT2D eigenvalue weighted by Crippen LogP contribution is 2.25. The standard InChI is InChI=1S/C28H20N4O2/c1-17-2-4-18(5-3-17)28(33)34-27-16-25-14-23-9-8-21(30-23)12-19-6-7-20(29-19)13-22-10-11-24(31-22)15-26(27)32-25/h2-16,30-31H,1H3. The summed E-state index contributed by atoms with van der Waals surface area (Å²) in [5.41, 5.74) is 8.16. The van der Waals surface area contributed by atoms with Gasteiger partial charge in [-0.05, 0) is 79.7 Å². The fourth-order valence-corrected chi connectivity index (χ4v) is 3.92. The van der Waals surface area contributed by atoms with Crippen LogP contribution in [0.25, 0.3) is 46.1 Å². The minimum Gasteiger partial charge on any atom is -0.421 e. The van der Waals surface area contributed by atoms with Crippen LogP contribution < -0.4 is 0 Å². The van der Waals surface area contributed by atoms with E-state index in [1.807, 2.05) is 79.7 Å². The van der Waals surface area contributed by atoms with E-state index in [0.29, 0.717) is 22.7 Å². The summed E-state index contributed by atoms with van der Waals surface area (Å²) >= 11 is 0. The Kier molecular flexibility index (Phi) is 4.70. The second-order valence-corrected chi connectivity index (χ2v) is 8.30. The van der Waals surface area contributed by atoms with Crippen molar-refractivity contribution in [3.8, 4) is 0 Å². The predicted molar refractivity (Wildman–Crippen MR) is 134 cm³/mol. The molecule has 2 aliphatic rings. The number of benzene rings is 1. The van der Waals surface area contributed by atoms with Crippen molar-refractivity contribution in [2.75, 3.05) is 0 Å². The highest BCUT2D eigenvalue weighted by molar-refractivity contribution is 5.96. The quantitative estimate of drug-likeness (QED) is 0.320. The second-order valence-electron chi connectivity index (χ2n) is 8.30. The number of aromatic amines is 2. The molecule has 0 saturated carbocycles. The van der Waals surface area contributed by atoms with Gasteiger partial charge in [-0.3, -0.25) is 0 Å². The summed E-state index contributed by atoms with van der Waals surface area (Å²) in [4.78, 5) is 28.9. The van der Waals surface area contributed by atoms with Crippen LogP contribution >= 0.6 is 0 Å². The van der Waals surface area contributed by atoms with Gasteiger partial charge >= 0.3 is 5.97 Å². The Hall–Kier alpha value is -4.71. The van der Waals surface area contributed by atoms with Gasteiger partial charge in [0.15, 0.2) is 5.76 Å². The molecule has 5 heterocycles. The van der Waals surface area contributed by atoms with E-state index in [4.69, 9.17) is 9.72 Å². The molecule has 0 saturated heterocycles. The van der Waals surface area contributed by atoms with E-state index in [1.165, 1.54) is 0 Å². The summed E-state index contributed by atoms with van der Waals surface area (Å²) in [7, 11) is 0. The number of hydrogen-bond donors (Lipinski definition) is 2. The van der Waals surface area contributed by atoms with Gasteiger partial charge in [0.25, 0.3) is 0 Å². The van der Waals surface area contributed by atoms with Crippen molar-refractivity contribution in [2.45, 2.75) is 6.92 Å². The molecule has 164 valence electrons. The average Bonchev–Trinajstić information content (AvgIpc) is 3.60. The number of H-pyrrole nitrogens is 2. The van der Waals surface area contributed by atoms with E-state index in [1.54, 1.807) is 18.2 Å². The van der Waals surface area contributed by atoms with Gasteiger partial charge < -0.3 is 14.7 Å². The van der Waals surface area contributed by atoms with Crippen LogP contribution in [0.5, 0.6) is 0 Å². The van der Waals surface area contributed by atoms with E-state index in [9.17, 15) is 4.79 Å². The van der Waals surface area contributed by atoms with Crippen molar-refractivity contribution in [1.82, 2.24) is 19.9 Å². The largest absolute Gasteiger partial charge is 0.421 e. The third-order valence-electron chi connectivity index (χ3n) is 5.62. The molecule has 0 atom stereocenters. The van der Waals surface area contributed by atoms with E-state index in [0.717, 1.165) is 39.0 Å². The molecule has 6 rings (SSSR count). The minimum atomic E-state index is -0.422. The van der Waals surface area contributed by atoms with Crippen LogP contribution in [0.2, 0.25) is 0 Å². The fraction of sp³-hybridized carbons (Fsp3) is 0.0357.